The number of halogens is 1. The molecule has 2 fully saturated rings. The van der Waals surface area contributed by atoms with Gasteiger partial charge in [-0.25, -0.2) is 9.18 Å². The van der Waals surface area contributed by atoms with Crippen molar-refractivity contribution in [2.24, 2.45) is 0 Å². The second-order valence-electron chi connectivity index (χ2n) is 8.93. The molecule has 1 unspecified atom stereocenters. The molecule has 0 spiro atoms. The van der Waals surface area contributed by atoms with Crippen LogP contribution in [0.2, 0.25) is 0 Å². The summed E-state index contributed by atoms with van der Waals surface area (Å²) in [5.41, 5.74) is 0.486. The van der Waals surface area contributed by atoms with Crippen molar-refractivity contribution in [1.29, 1.82) is 0 Å². The summed E-state index contributed by atoms with van der Waals surface area (Å²) in [6, 6.07) is 6.25. The number of amides is 3. The van der Waals surface area contributed by atoms with Crippen LogP contribution in [0.5, 0.6) is 5.75 Å². The molecule has 0 aliphatic carbocycles. The molecule has 1 aromatic heterocycles. The average Bonchev–Trinajstić information content (AvgIpc) is 3.34. The van der Waals surface area contributed by atoms with Gasteiger partial charge in [0.25, 0.3) is 5.91 Å². The van der Waals surface area contributed by atoms with Gasteiger partial charge in [-0.2, -0.15) is 11.8 Å². The molecule has 3 N–H and O–H groups in total. The molecule has 36 heavy (non-hydrogen) atoms. The number of urea groups is 1. The van der Waals surface area contributed by atoms with E-state index in [2.05, 4.69) is 32.4 Å². The van der Waals surface area contributed by atoms with E-state index in [1.54, 1.807) is 12.3 Å². The summed E-state index contributed by atoms with van der Waals surface area (Å²) in [7, 11) is 1.33. The fourth-order valence-electron chi connectivity index (χ4n) is 4.57. The van der Waals surface area contributed by atoms with Crippen LogP contribution < -0.4 is 15.4 Å². The average molecular weight is 512 g/mol. The summed E-state index contributed by atoms with van der Waals surface area (Å²) in [5.74, 6) is 6.85. The highest BCUT2D eigenvalue weighted by atomic mass is 32.2. The summed E-state index contributed by atoms with van der Waals surface area (Å²) in [5, 5.41) is 15.7. The smallest absolute Gasteiger partial charge is 0.318 e. The van der Waals surface area contributed by atoms with Crippen molar-refractivity contribution in [3.8, 4) is 17.6 Å². The summed E-state index contributed by atoms with van der Waals surface area (Å²) >= 11 is 1.96. The van der Waals surface area contributed by atoms with E-state index in [1.807, 2.05) is 23.9 Å². The van der Waals surface area contributed by atoms with Gasteiger partial charge < -0.3 is 25.4 Å². The molecule has 2 aromatic rings. The number of hydrogen-bond donors (Lipinski definition) is 3. The van der Waals surface area contributed by atoms with Gasteiger partial charge in [-0.3, -0.25) is 14.7 Å². The van der Waals surface area contributed by atoms with Crippen LogP contribution in [0.4, 0.5) is 9.18 Å². The number of thioether (sulfide) groups is 1. The van der Waals surface area contributed by atoms with Crippen molar-refractivity contribution in [3.05, 3.63) is 58.7 Å². The van der Waals surface area contributed by atoms with Crippen molar-refractivity contribution in [2.75, 3.05) is 38.2 Å². The first kappa shape index (κ1) is 24.4. The predicted octanol–water partition coefficient (Wildman–Crippen LogP) is 1.16. The van der Waals surface area contributed by atoms with E-state index in [9.17, 15) is 19.1 Å². The van der Waals surface area contributed by atoms with Gasteiger partial charge in [-0.1, -0.05) is 17.9 Å². The molecule has 3 aliphatic heterocycles. The van der Waals surface area contributed by atoms with E-state index in [0.717, 1.165) is 36.8 Å². The molecule has 5 rings (SSSR count). The Morgan fingerprint density at radius 1 is 1.28 bits per heavy atom. The standard InChI is InChI=1S/C25H26FN5O4S/c1-35-19-5-3-17-13-31(22(32)20(17)21(19)26)15-25(23(33)28-24(34)29-25)7-6-16-2-4-18(27-12-16)14-30-8-10-36-11-9-30/h2-5,12,23,33H,8-11,13-15H2,1H3,(H2,28,29,34)/t23?,25-/m1/s1. The lowest BCUT2D eigenvalue weighted by Crippen LogP contribution is -2.56. The van der Waals surface area contributed by atoms with Gasteiger partial charge in [-0.15, -0.1) is 0 Å². The Morgan fingerprint density at radius 3 is 2.75 bits per heavy atom. The zero-order chi connectivity index (χ0) is 25.3. The number of ether oxygens (including phenoxy) is 1. The van der Waals surface area contributed by atoms with E-state index in [-0.39, 0.29) is 24.4 Å². The number of rotatable bonds is 5. The van der Waals surface area contributed by atoms with Crippen molar-refractivity contribution < 1.29 is 23.8 Å². The number of pyridine rings is 1. The van der Waals surface area contributed by atoms with Crippen molar-refractivity contribution in [3.63, 3.8) is 0 Å². The second kappa shape index (κ2) is 9.97. The van der Waals surface area contributed by atoms with Crippen LogP contribution in [-0.2, 0) is 13.1 Å². The van der Waals surface area contributed by atoms with E-state index < -0.39 is 29.5 Å². The molecule has 2 atom stereocenters. The maximum absolute atomic E-state index is 14.8. The lowest BCUT2D eigenvalue weighted by molar-refractivity contribution is 0.0609. The van der Waals surface area contributed by atoms with Gasteiger partial charge in [0.2, 0.25) is 0 Å². The van der Waals surface area contributed by atoms with E-state index >= 15 is 0 Å². The zero-order valence-corrected chi connectivity index (χ0v) is 20.5. The van der Waals surface area contributed by atoms with Crippen molar-refractivity contribution in [2.45, 2.75) is 24.9 Å². The van der Waals surface area contributed by atoms with E-state index in [4.69, 9.17) is 4.74 Å². The highest BCUT2D eigenvalue weighted by molar-refractivity contribution is 7.99. The summed E-state index contributed by atoms with van der Waals surface area (Å²) < 4.78 is 19.7. The molecule has 3 aliphatic rings. The molecular formula is C25H26FN5O4S. The Hall–Kier alpha value is -3.33. The van der Waals surface area contributed by atoms with Crippen LogP contribution in [-0.4, -0.2) is 81.8 Å². The first-order valence-electron chi connectivity index (χ1n) is 11.6. The molecule has 188 valence electrons. The highest BCUT2D eigenvalue weighted by Crippen LogP contribution is 2.32. The number of nitrogens with zero attached hydrogens (tertiary/aromatic N) is 3. The first-order valence-corrected chi connectivity index (χ1v) is 12.7. The number of methoxy groups -OCH3 is 1. The van der Waals surface area contributed by atoms with Gasteiger partial charge >= 0.3 is 6.03 Å². The molecule has 4 heterocycles. The quantitative estimate of drug-likeness (QED) is 0.517. The lowest BCUT2D eigenvalue weighted by atomic mass is 9.98. The van der Waals surface area contributed by atoms with Crippen LogP contribution >= 0.6 is 11.8 Å². The SMILES string of the molecule is COc1ccc2c(c1F)C(=O)N(C[C@@]1(C#Cc3ccc(CN4CCSCC4)nc3)NC(=O)NC1O)C2. The van der Waals surface area contributed by atoms with Crippen LogP contribution in [0.1, 0.15) is 27.2 Å². The minimum Gasteiger partial charge on any atom is -0.494 e. The van der Waals surface area contributed by atoms with E-state index in [0.29, 0.717) is 11.1 Å². The van der Waals surface area contributed by atoms with Crippen LogP contribution in [0.15, 0.2) is 30.5 Å². The molecule has 0 bridgehead atoms. The molecule has 1 aromatic carbocycles. The third-order valence-corrected chi connectivity index (χ3v) is 7.47. The topological polar surface area (TPSA) is 107 Å². The molecule has 3 amide bonds. The van der Waals surface area contributed by atoms with Crippen molar-refractivity contribution >= 4 is 23.7 Å². The number of fused-ring (bicyclic) bond motifs is 1. The molecule has 0 radical (unpaired) electrons. The first-order chi connectivity index (χ1) is 17.4. The number of nitrogens with one attached hydrogen (secondary N) is 2. The van der Waals surface area contributed by atoms with Gasteiger partial charge in [0.1, 0.15) is 0 Å². The maximum atomic E-state index is 14.8. The maximum Gasteiger partial charge on any atom is 0.318 e. The molecule has 9 nitrogen and oxygen atoms in total. The number of carbonyl (C=O) groups is 2. The Balaban J connectivity index is 1.35. The van der Waals surface area contributed by atoms with Crippen LogP contribution in [0, 0.1) is 17.7 Å². The Labute approximate surface area is 212 Å². The monoisotopic (exact) mass is 511 g/mol. The Bertz CT molecular complexity index is 1240. The minimum absolute atomic E-state index is 0.0237. The number of benzene rings is 1. The summed E-state index contributed by atoms with van der Waals surface area (Å²) in [4.78, 5) is 33.3. The third kappa shape index (κ3) is 4.72. The lowest BCUT2D eigenvalue weighted by Gasteiger charge is -2.30. The number of aliphatic hydroxyl groups is 1. The summed E-state index contributed by atoms with van der Waals surface area (Å²) in [6.45, 7) is 2.82. The Morgan fingerprint density at radius 2 is 2.08 bits per heavy atom. The Kier molecular flexibility index (Phi) is 6.75. The van der Waals surface area contributed by atoms with Crippen LogP contribution in [0.3, 0.4) is 0 Å². The van der Waals surface area contributed by atoms with Gasteiger partial charge in [-0.05, 0) is 23.8 Å². The number of hydrogen-bond acceptors (Lipinski definition) is 7. The van der Waals surface area contributed by atoms with Gasteiger partial charge in [0.15, 0.2) is 23.3 Å². The molecule has 0 saturated carbocycles. The second-order valence-corrected chi connectivity index (χ2v) is 10.2. The number of aromatic nitrogens is 1. The summed E-state index contributed by atoms with van der Waals surface area (Å²) in [6.07, 6.45) is 0.279. The predicted molar refractivity (Wildman–Crippen MR) is 132 cm³/mol. The number of carbonyl (C=O) groups excluding carboxylic acids is 2. The van der Waals surface area contributed by atoms with Crippen LogP contribution in [0.25, 0.3) is 0 Å². The van der Waals surface area contributed by atoms with Gasteiger partial charge in [0.05, 0.1) is 24.9 Å². The molecule has 11 heteroatoms. The zero-order valence-electron chi connectivity index (χ0n) is 19.7. The van der Waals surface area contributed by atoms with Gasteiger partial charge in [0, 0.05) is 49.4 Å². The van der Waals surface area contributed by atoms with E-state index in [1.165, 1.54) is 18.1 Å². The fourth-order valence-corrected chi connectivity index (χ4v) is 5.54. The van der Waals surface area contributed by atoms with Crippen molar-refractivity contribution in [1.82, 2.24) is 25.4 Å². The third-order valence-electron chi connectivity index (χ3n) is 6.53. The fraction of sp³-hybridized carbons (Fsp3) is 0.400. The number of aliphatic hydroxyl groups excluding tert-OH is 1. The molecular weight excluding hydrogens is 485 g/mol. The molecule has 2 saturated heterocycles. The largest absolute Gasteiger partial charge is 0.494 e. The highest BCUT2D eigenvalue weighted by Gasteiger charge is 2.48. The minimum atomic E-state index is -1.49. The normalized spacial score (nSPS) is 23.5.